The number of ether oxygens (including phenoxy) is 2. The van der Waals surface area contributed by atoms with Crippen molar-refractivity contribution < 1.29 is 9.47 Å². The fraction of sp³-hybridized carbons (Fsp3) is 0.833. The van der Waals surface area contributed by atoms with Gasteiger partial charge in [0.1, 0.15) is 9.75 Å². The van der Waals surface area contributed by atoms with Crippen molar-refractivity contribution >= 4 is 58.2 Å². The summed E-state index contributed by atoms with van der Waals surface area (Å²) >= 11 is 28.0. The fourth-order valence-corrected chi connectivity index (χ4v) is 6.26. The predicted octanol–water partition coefficient (Wildman–Crippen LogP) is 4.41. The van der Waals surface area contributed by atoms with E-state index >= 15 is 0 Å². The van der Waals surface area contributed by atoms with Gasteiger partial charge in [-0.15, -0.1) is 23.2 Å². The highest BCUT2D eigenvalue weighted by Gasteiger charge is 2.80. The monoisotopic (exact) mass is 364 g/mol. The Kier molecular flexibility index (Phi) is 4.72. The maximum absolute atomic E-state index is 6.83. The van der Waals surface area contributed by atoms with Crippen molar-refractivity contribution in [3.8, 4) is 0 Å². The topological polar surface area (TPSA) is 18.5 Å². The van der Waals surface area contributed by atoms with Gasteiger partial charge < -0.3 is 9.47 Å². The summed E-state index contributed by atoms with van der Waals surface area (Å²) in [6, 6.07) is 0. The van der Waals surface area contributed by atoms with Gasteiger partial charge in [0.2, 0.25) is 5.79 Å². The van der Waals surface area contributed by atoms with Crippen molar-refractivity contribution in [2.24, 2.45) is 5.92 Å². The van der Waals surface area contributed by atoms with Crippen LogP contribution in [0.15, 0.2) is 10.1 Å². The Bertz CT molecular complexity index is 413. The Morgan fingerprint density at radius 2 is 1.79 bits per heavy atom. The van der Waals surface area contributed by atoms with E-state index in [9.17, 15) is 0 Å². The third-order valence-electron chi connectivity index (χ3n) is 4.05. The molecule has 0 saturated heterocycles. The summed E-state index contributed by atoms with van der Waals surface area (Å²) in [5.41, 5.74) is 0. The van der Waals surface area contributed by atoms with Crippen molar-refractivity contribution in [1.82, 2.24) is 0 Å². The van der Waals surface area contributed by atoms with Gasteiger partial charge in [0.05, 0.1) is 10.1 Å². The smallest absolute Gasteiger partial charge is 0.217 e. The van der Waals surface area contributed by atoms with Gasteiger partial charge in [-0.2, -0.15) is 11.8 Å². The molecular weight excluding hydrogens is 350 g/mol. The van der Waals surface area contributed by atoms with Crippen LogP contribution in [0.1, 0.15) is 13.3 Å². The molecule has 0 aromatic rings. The Hall–Kier alpha value is 1.17. The molecule has 2 aliphatic carbocycles. The Morgan fingerprint density at radius 3 is 2.21 bits per heavy atom. The summed E-state index contributed by atoms with van der Waals surface area (Å²) in [6.07, 6.45) is 0.585. The second-order valence-corrected chi connectivity index (χ2v) is 8.04. The first-order valence-electron chi connectivity index (χ1n) is 5.97. The molecule has 7 heteroatoms. The number of methoxy groups -OCH3 is 2. The molecule has 0 aromatic carbocycles. The molecule has 3 atom stereocenters. The van der Waals surface area contributed by atoms with Crippen molar-refractivity contribution in [1.29, 1.82) is 0 Å². The maximum Gasteiger partial charge on any atom is 0.217 e. The van der Waals surface area contributed by atoms with Crippen LogP contribution in [0, 0.1) is 5.92 Å². The molecule has 2 bridgehead atoms. The Balaban J connectivity index is 2.51. The SMILES string of the molecule is CCSCC1CC2(Cl)C(Cl)=C(Cl)C1(Cl)C2(OC)OC. The summed E-state index contributed by atoms with van der Waals surface area (Å²) in [4.78, 5) is -2.05. The van der Waals surface area contributed by atoms with Crippen molar-refractivity contribution in [3.63, 3.8) is 0 Å². The first kappa shape index (κ1) is 16.5. The third kappa shape index (κ3) is 1.79. The zero-order valence-electron chi connectivity index (χ0n) is 10.9. The van der Waals surface area contributed by atoms with Crippen LogP contribution < -0.4 is 0 Å². The molecule has 0 heterocycles. The van der Waals surface area contributed by atoms with Crippen LogP contribution in [0.2, 0.25) is 0 Å². The van der Waals surface area contributed by atoms with Gasteiger partial charge in [0.25, 0.3) is 0 Å². The normalized spacial score (nSPS) is 40.3. The minimum Gasteiger partial charge on any atom is -0.350 e. The zero-order chi connectivity index (χ0) is 14.5. The van der Waals surface area contributed by atoms with Crippen LogP contribution >= 0.6 is 58.2 Å². The van der Waals surface area contributed by atoms with Gasteiger partial charge in [-0.1, -0.05) is 30.1 Å². The standard InChI is InChI=1S/C12H16Cl4O2S/c1-4-19-6-7-5-10(15)8(13)9(14)11(7,16)12(10,17-2)18-3/h7H,4-6H2,1-3H3. The second-order valence-electron chi connectivity index (χ2n) is 4.73. The van der Waals surface area contributed by atoms with E-state index in [0.717, 1.165) is 11.5 Å². The average Bonchev–Trinajstić information content (AvgIpc) is 2.67. The highest BCUT2D eigenvalue weighted by atomic mass is 35.5. The highest BCUT2D eigenvalue weighted by molar-refractivity contribution is 7.99. The molecular formula is C12H16Cl4O2S. The van der Waals surface area contributed by atoms with Crippen molar-refractivity contribution in [3.05, 3.63) is 10.1 Å². The van der Waals surface area contributed by atoms with Crippen LogP contribution in [0.3, 0.4) is 0 Å². The van der Waals surface area contributed by atoms with Crippen LogP contribution in [0.25, 0.3) is 0 Å². The molecule has 0 aromatic heterocycles. The van der Waals surface area contributed by atoms with E-state index in [2.05, 4.69) is 6.92 Å². The van der Waals surface area contributed by atoms with Gasteiger partial charge in [-0.25, -0.2) is 0 Å². The van der Waals surface area contributed by atoms with E-state index in [0.29, 0.717) is 16.5 Å². The first-order chi connectivity index (χ1) is 8.85. The number of hydrogen-bond donors (Lipinski definition) is 0. The molecule has 1 fully saturated rings. The molecule has 0 N–H and O–H groups in total. The van der Waals surface area contributed by atoms with Crippen LogP contribution in [-0.4, -0.2) is 41.3 Å². The molecule has 0 aliphatic heterocycles. The van der Waals surface area contributed by atoms with Crippen molar-refractivity contribution in [2.75, 3.05) is 25.7 Å². The molecule has 2 aliphatic rings. The molecule has 0 spiro atoms. The summed E-state index contributed by atoms with van der Waals surface area (Å²) < 4.78 is 11.2. The molecule has 110 valence electrons. The van der Waals surface area contributed by atoms with Gasteiger partial charge in [0.15, 0.2) is 0 Å². The van der Waals surface area contributed by atoms with Crippen LogP contribution in [0.5, 0.6) is 0 Å². The number of fused-ring (bicyclic) bond motifs is 2. The lowest BCUT2D eigenvalue weighted by Gasteiger charge is -2.41. The quantitative estimate of drug-likeness (QED) is 0.531. The van der Waals surface area contributed by atoms with Gasteiger partial charge in [0, 0.05) is 14.2 Å². The van der Waals surface area contributed by atoms with Gasteiger partial charge >= 0.3 is 0 Å². The van der Waals surface area contributed by atoms with Crippen molar-refractivity contribution in [2.45, 2.75) is 28.9 Å². The Labute approximate surface area is 138 Å². The summed E-state index contributed by atoms with van der Waals surface area (Å²) in [5, 5.41) is 0.690. The third-order valence-corrected chi connectivity index (χ3v) is 7.72. The highest BCUT2D eigenvalue weighted by Crippen LogP contribution is 2.71. The first-order valence-corrected chi connectivity index (χ1v) is 8.64. The van der Waals surface area contributed by atoms with E-state index in [-0.39, 0.29) is 5.92 Å². The predicted molar refractivity (Wildman–Crippen MR) is 83.8 cm³/mol. The number of hydrogen-bond acceptors (Lipinski definition) is 3. The average molecular weight is 366 g/mol. The number of alkyl halides is 2. The van der Waals surface area contributed by atoms with E-state index in [1.807, 2.05) is 0 Å². The van der Waals surface area contributed by atoms with E-state index < -0.39 is 15.5 Å². The van der Waals surface area contributed by atoms with Gasteiger partial charge in [-0.05, 0) is 23.8 Å². The molecule has 3 unspecified atom stereocenters. The van der Waals surface area contributed by atoms with Gasteiger partial charge in [-0.3, -0.25) is 0 Å². The van der Waals surface area contributed by atoms with E-state index in [1.54, 1.807) is 11.8 Å². The number of halogens is 4. The minimum atomic E-state index is -1.23. The lowest BCUT2D eigenvalue weighted by atomic mass is 9.93. The summed E-state index contributed by atoms with van der Waals surface area (Å²) in [7, 11) is 3.04. The molecule has 19 heavy (non-hydrogen) atoms. The molecule has 2 nitrogen and oxygen atoms in total. The number of thioether (sulfide) groups is 1. The zero-order valence-corrected chi connectivity index (χ0v) is 14.8. The second kappa shape index (κ2) is 5.42. The minimum absolute atomic E-state index is 0.0477. The van der Waals surface area contributed by atoms with E-state index in [4.69, 9.17) is 55.9 Å². The summed E-state index contributed by atoms with van der Waals surface area (Å²) in [5.74, 6) is 0.659. The van der Waals surface area contributed by atoms with E-state index in [1.165, 1.54) is 14.2 Å². The van der Waals surface area contributed by atoms with Crippen LogP contribution in [0.4, 0.5) is 0 Å². The molecule has 1 saturated carbocycles. The fourth-order valence-electron chi connectivity index (χ4n) is 3.20. The largest absolute Gasteiger partial charge is 0.350 e. The molecule has 2 rings (SSSR count). The molecule has 0 radical (unpaired) electrons. The van der Waals surface area contributed by atoms with Crippen LogP contribution in [-0.2, 0) is 9.47 Å². The molecule has 0 amide bonds. The number of rotatable bonds is 5. The lowest BCUT2D eigenvalue weighted by molar-refractivity contribution is -0.218. The summed E-state index contributed by atoms with van der Waals surface area (Å²) in [6.45, 7) is 2.10. The maximum atomic E-state index is 6.83. The Morgan fingerprint density at radius 1 is 1.21 bits per heavy atom. The lowest BCUT2D eigenvalue weighted by Crippen LogP contribution is -2.57.